The molecule has 0 saturated carbocycles. The van der Waals surface area contributed by atoms with E-state index in [1.54, 1.807) is 0 Å². The third-order valence-electron chi connectivity index (χ3n) is 8.17. The molecular weight excluding hydrogens is 859 g/mol. The number of anilines is 1. The smallest absolute Gasteiger partial charge is 0.386 e. The van der Waals surface area contributed by atoms with Gasteiger partial charge in [0, 0.05) is 37.1 Å². The van der Waals surface area contributed by atoms with Crippen LogP contribution in [0, 0.1) is 5.41 Å². The van der Waals surface area contributed by atoms with Crippen molar-refractivity contribution in [2.75, 3.05) is 37.8 Å². The van der Waals surface area contributed by atoms with Crippen LogP contribution in [0.4, 0.5) is 5.82 Å². The van der Waals surface area contributed by atoms with E-state index < -0.39 is 84.6 Å². The van der Waals surface area contributed by atoms with Crippen molar-refractivity contribution in [3.63, 3.8) is 0 Å². The lowest BCUT2D eigenvalue weighted by molar-refractivity contribution is -0.137. The molecule has 0 aromatic carbocycles. The van der Waals surface area contributed by atoms with E-state index in [4.69, 9.17) is 19.5 Å². The van der Waals surface area contributed by atoms with Crippen LogP contribution in [0.5, 0.6) is 0 Å². The maximum Gasteiger partial charge on any atom is 0.481 e. The summed E-state index contributed by atoms with van der Waals surface area (Å²) in [4.78, 5) is 99.4. The summed E-state index contributed by atoms with van der Waals surface area (Å²) in [6.07, 6.45) is -4.25. The average Bonchev–Trinajstić information content (AvgIpc) is 3.68. The first-order chi connectivity index (χ1) is 26.9. The van der Waals surface area contributed by atoms with Crippen LogP contribution in [0.1, 0.15) is 65.5 Å². The van der Waals surface area contributed by atoms with Crippen LogP contribution >= 0.6 is 35.2 Å². The Kier molecular flexibility index (Phi) is 18.5. The first kappa shape index (κ1) is 49.6. The maximum atomic E-state index is 12.7. The third kappa shape index (κ3) is 15.7. The molecule has 7 unspecified atom stereocenters. The minimum atomic E-state index is -5.58. The SMILES string of the molecule is CCCCCC(=O)CC(=O)SCCNC(=O)CCNC(=O)C(O)C(C)(C)COP(=O)(O)OP(=O)(O)OCC1OC(n2cnc3c(N)ncnc32)C(O)C1OP(=O)(O)O. The number of hydrogen-bond donors (Lipinski definition) is 9. The van der Waals surface area contributed by atoms with Gasteiger partial charge in [-0.1, -0.05) is 45.4 Å². The predicted octanol–water partition coefficient (Wildman–Crippen LogP) is 0.204. The van der Waals surface area contributed by atoms with Gasteiger partial charge in [-0.25, -0.2) is 28.6 Å². The van der Waals surface area contributed by atoms with Crippen LogP contribution in [-0.4, -0.2) is 128 Å². The molecule has 2 aromatic rings. The molecule has 0 spiro atoms. The molecule has 1 aliphatic rings. The second-order valence-electron chi connectivity index (χ2n) is 13.5. The topological polar surface area (TPSA) is 381 Å². The Labute approximate surface area is 335 Å². The summed E-state index contributed by atoms with van der Waals surface area (Å²) >= 11 is 0.917. The Hall–Kier alpha value is -2.77. The zero-order chi connectivity index (χ0) is 43.5. The summed E-state index contributed by atoms with van der Waals surface area (Å²) < 4.78 is 62.1. The number of imidazole rings is 1. The number of aliphatic hydroxyl groups is 2. The quantitative estimate of drug-likeness (QED) is 0.0365. The van der Waals surface area contributed by atoms with Crippen LogP contribution in [0.3, 0.4) is 0 Å². The van der Waals surface area contributed by atoms with Crippen LogP contribution in [0.15, 0.2) is 12.7 Å². The monoisotopic (exact) mass is 907 g/mol. The first-order valence-corrected chi connectivity index (χ1v) is 23.0. The molecule has 3 heterocycles. The fourth-order valence-electron chi connectivity index (χ4n) is 5.17. The van der Waals surface area contributed by atoms with E-state index in [2.05, 4.69) is 34.4 Å². The van der Waals surface area contributed by atoms with E-state index in [0.29, 0.717) is 6.42 Å². The predicted molar refractivity (Wildman–Crippen MR) is 201 cm³/mol. The highest BCUT2D eigenvalue weighted by Crippen LogP contribution is 2.61. The van der Waals surface area contributed by atoms with Gasteiger partial charge < -0.3 is 50.9 Å². The Morgan fingerprint density at radius 3 is 2.38 bits per heavy atom. The number of ketones is 1. The Morgan fingerprint density at radius 1 is 1.02 bits per heavy atom. The van der Waals surface area contributed by atoms with Gasteiger partial charge in [-0.05, 0) is 6.42 Å². The van der Waals surface area contributed by atoms with E-state index in [-0.39, 0.29) is 59.6 Å². The fourth-order valence-corrected chi connectivity index (χ4v) is 8.69. The van der Waals surface area contributed by atoms with E-state index in [0.717, 1.165) is 48.2 Å². The van der Waals surface area contributed by atoms with Crippen LogP contribution in [0.2, 0.25) is 0 Å². The number of thioether (sulfide) groups is 1. The van der Waals surface area contributed by atoms with Gasteiger partial charge in [-0.3, -0.25) is 37.3 Å². The highest BCUT2D eigenvalue weighted by Gasteiger charge is 2.50. The van der Waals surface area contributed by atoms with Crippen molar-refractivity contribution in [1.82, 2.24) is 30.2 Å². The molecule has 0 radical (unpaired) electrons. The zero-order valence-corrected chi connectivity index (χ0v) is 35.0. The molecule has 2 amide bonds. The van der Waals surface area contributed by atoms with Gasteiger partial charge in [0.25, 0.3) is 0 Å². The minimum Gasteiger partial charge on any atom is -0.386 e. The number of ether oxygens (including phenoxy) is 1. The second kappa shape index (κ2) is 21.7. The van der Waals surface area contributed by atoms with Crippen molar-refractivity contribution in [2.24, 2.45) is 5.41 Å². The number of nitrogens with one attached hydrogen (secondary N) is 2. The van der Waals surface area contributed by atoms with Gasteiger partial charge in [0.15, 0.2) is 22.8 Å². The molecule has 25 nitrogen and oxygen atoms in total. The molecule has 29 heteroatoms. The van der Waals surface area contributed by atoms with Gasteiger partial charge in [0.1, 0.15) is 42.0 Å². The van der Waals surface area contributed by atoms with Crippen LogP contribution < -0.4 is 16.4 Å². The van der Waals surface area contributed by atoms with Crippen molar-refractivity contribution in [3.8, 4) is 0 Å². The van der Waals surface area contributed by atoms with Crippen LogP contribution in [-0.2, 0) is 55.5 Å². The number of phosphoric acid groups is 3. The summed E-state index contributed by atoms with van der Waals surface area (Å²) in [7, 11) is -16.4. The average molecular weight is 908 g/mol. The number of nitrogens with two attached hydrogens (primary N) is 1. The number of fused-ring (bicyclic) bond motifs is 1. The molecule has 58 heavy (non-hydrogen) atoms. The van der Waals surface area contributed by atoms with Crippen LogP contribution in [0.25, 0.3) is 11.2 Å². The lowest BCUT2D eigenvalue weighted by Crippen LogP contribution is -2.46. The van der Waals surface area contributed by atoms with E-state index in [1.165, 1.54) is 13.8 Å². The number of amides is 2. The number of rotatable bonds is 25. The number of nitrogen functional groups attached to an aromatic ring is 1. The normalized spacial score (nSPS) is 21.3. The van der Waals surface area contributed by atoms with Gasteiger partial charge >= 0.3 is 23.5 Å². The minimum absolute atomic E-state index is 0.0249. The van der Waals surface area contributed by atoms with Gasteiger partial charge in [0.2, 0.25) is 11.8 Å². The van der Waals surface area contributed by atoms with Gasteiger partial charge in [0.05, 0.1) is 26.0 Å². The standard InChI is InChI=1S/C29H48N7O18P3S/c1-4-5-6-7-17(37)12-20(39)58-11-10-31-19(38)8-9-32-27(42)24(41)29(2,3)14-51-57(48,49)54-56(46,47)50-13-18-23(53-55(43,44)45)22(40)28(52-18)36-16-35-21-25(30)33-15-34-26(21)36/h15-16,18,22-24,28,40-41H,4-14H2,1-3H3,(H,31,38)(H,32,42)(H,46,47)(H,48,49)(H2,30,33,34)(H2,43,44,45). The van der Waals surface area contributed by atoms with Crippen molar-refractivity contribution in [3.05, 3.63) is 12.7 Å². The number of unbranched alkanes of at least 4 members (excludes halogenated alkanes) is 2. The molecule has 10 N–H and O–H groups in total. The third-order valence-corrected chi connectivity index (χ3v) is 12.1. The number of aromatic nitrogens is 4. The Morgan fingerprint density at radius 2 is 1.71 bits per heavy atom. The summed E-state index contributed by atoms with van der Waals surface area (Å²) in [5.41, 5.74) is 4.23. The lowest BCUT2D eigenvalue weighted by atomic mass is 9.87. The molecule has 1 fully saturated rings. The molecule has 2 aromatic heterocycles. The van der Waals surface area contributed by atoms with E-state index in [9.17, 15) is 62.7 Å². The molecule has 1 aliphatic heterocycles. The van der Waals surface area contributed by atoms with Crippen molar-refractivity contribution < 1.29 is 85.3 Å². The number of nitrogens with zero attached hydrogens (tertiary/aromatic N) is 4. The molecular formula is C29H48N7O18P3S. The molecule has 0 bridgehead atoms. The molecule has 3 rings (SSSR count). The number of phosphoric ester groups is 3. The van der Waals surface area contributed by atoms with Gasteiger partial charge in [-0.2, -0.15) is 4.31 Å². The highest BCUT2D eigenvalue weighted by molar-refractivity contribution is 8.13. The van der Waals surface area contributed by atoms with E-state index >= 15 is 0 Å². The Bertz CT molecular complexity index is 1900. The molecule has 1 saturated heterocycles. The number of Topliss-reactive ketones (excluding diaryl/α,β-unsaturated/α-hetero) is 1. The van der Waals surface area contributed by atoms with Crippen molar-refractivity contribution >= 4 is 74.9 Å². The highest BCUT2D eigenvalue weighted by atomic mass is 32.2. The van der Waals surface area contributed by atoms with Crippen molar-refractivity contribution in [1.29, 1.82) is 0 Å². The van der Waals surface area contributed by atoms with Crippen molar-refractivity contribution in [2.45, 2.75) is 89.9 Å². The number of hydrogen-bond acceptors (Lipinski definition) is 19. The number of aliphatic hydroxyl groups excluding tert-OH is 2. The summed E-state index contributed by atoms with van der Waals surface area (Å²) in [6, 6.07) is 0. The fraction of sp³-hybridized carbons (Fsp3) is 0.690. The lowest BCUT2D eigenvalue weighted by Gasteiger charge is -2.30. The number of carbonyl (C=O) groups excluding carboxylic acids is 4. The summed E-state index contributed by atoms with van der Waals surface area (Å²) in [5, 5.41) is 26.0. The second-order valence-corrected chi connectivity index (χ2v) is 18.9. The van der Waals surface area contributed by atoms with E-state index in [1.807, 2.05) is 6.92 Å². The summed E-state index contributed by atoms with van der Waals surface area (Å²) in [5.74, 6) is -1.43. The molecule has 328 valence electrons. The summed E-state index contributed by atoms with van der Waals surface area (Å²) in [6.45, 7) is 2.33. The first-order valence-electron chi connectivity index (χ1n) is 17.5. The molecule has 7 atom stereocenters. The zero-order valence-electron chi connectivity index (χ0n) is 31.5. The largest absolute Gasteiger partial charge is 0.481 e. The Balaban J connectivity index is 1.45. The molecule has 0 aliphatic carbocycles. The number of carbonyl (C=O) groups is 4. The maximum absolute atomic E-state index is 12.7. The van der Waals surface area contributed by atoms with Gasteiger partial charge in [-0.15, -0.1) is 0 Å².